The highest BCUT2D eigenvalue weighted by Gasteiger charge is 2.30. The molecule has 0 spiro atoms. The minimum Gasteiger partial charge on any atom is -0.497 e. The number of likely N-dealkylation sites (tertiary alicyclic amines) is 1. The van der Waals surface area contributed by atoms with E-state index >= 15 is 0 Å². The molecular weight excluding hydrogens is 292 g/mol. The van der Waals surface area contributed by atoms with Gasteiger partial charge in [-0.2, -0.15) is 0 Å². The summed E-state index contributed by atoms with van der Waals surface area (Å²) in [5.74, 6) is -2.40. The van der Waals surface area contributed by atoms with Crippen molar-refractivity contribution in [3.63, 3.8) is 0 Å². The fourth-order valence-corrected chi connectivity index (χ4v) is 2.91. The Balaban J connectivity index is 2.25. The number of hydrogen-bond acceptors (Lipinski definition) is 3. The number of carbonyl (C=O) groups is 1. The highest BCUT2D eigenvalue weighted by atomic mass is 19.1. The van der Waals surface area contributed by atoms with E-state index in [0.717, 1.165) is 31.4 Å². The van der Waals surface area contributed by atoms with Gasteiger partial charge in [0.05, 0.1) is 7.11 Å². The van der Waals surface area contributed by atoms with Crippen molar-refractivity contribution in [3.05, 3.63) is 29.3 Å². The van der Waals surface area contributed by atoms with Crippen molar-refractivity contribution < 1.29 is 23.4 Å². The van der Waals surface area contributed by atoms with Gasteiger partial charge in [-0.3, -0.25) is 4.79 Å². The van der Waals surface area contributed by atoms with E-state index in [9.17, 15) is 13.6 Å². The first-order chi connectivity index (χ1) is 10.6. The molecule has 1 heterocycles. The molecule has 1 aliphatic heterocycles. The highest BCUT2D eigenvalue weighted by molar-refractivity contribution is 5.95. The number of methoxy groups -OCH3 is 1. The fourth-order valence-electron chi connectivity index (χ4n) is 2.91. The third-order valence-electron chi connectivity index (χ3n) is 4.05. The molecule has 1 aliphatic rings. The number of carbonyl (C=O) groups excluding carboxylic acids is 1. The van der Waals surface area contributed by atoms with Gasteiger partial charge in [0.15, 0.2) is 0 Å². The van der Waals surface area contributed by atoms with E-state index in [1.807, 2.05) is 0 Å². The van der Waals surface area contributed by atoms with E-state index in [1.165, 1.54) is 12.0 Å². The number of rotatable bonds is 5. The Bertz CT molecular complexity index is 513. The summed E-state index contributed by atoms with van der Waals surface area (Å²) in [6, 6.07) is 1.96. The average Bonchev–Trinajstić information content (AvgIpc) is 2.52. The minimum atomic E-state index is -0.909. The van der Waals surface area contributed by atoms with E-state index in [0.29, 0.717) is 19.4 Å². The van der Waals surface area contributed by atoms with E-state index in [-0.39, 0.29) is 18.4 Å². The molecule has 0 bridgehead atoms. The molecule has 2 rings (SSSR count). The standard InChI is InChI=1S/C16H21F2NO3/c1-22-12-9-13(17)15(14(18)10-12)16(21)19-7-3-2-5-11(19)6-4-8-20/h9-11,20H,2-8H2,1H3. The van der Waals surface area contributed by atoms with E-state index < -0.39 is 23.1 Å². The summed E-state index contributed by atoms with van der Waals surface area (Å²) in [5, 5.41) is 8.95. The molecule has 1 amide bonds. The van der Waals surface area contributed by atoms with Crippen LogP contribution >= 0.6 is 0 Å². The second-order valence-corrected chi connectivity index (χ2v) is 5.48. The summed E-state index contributed by atoms with van der Waals surface area (Å²) in [6.07, 6.45) is 3.81. The topological polar surface area (TPSA) is 49.8 Å². The Kier molecular flexibility index (Phi) is 5.71. The fraction of sp³-hybridized carbons (Fsp3) is 0.562. The van der Waals surface area contributed by atoms with Crippen molar-refractivity contribution in [2.75, 3.05) is 20.3 Å². The van der Waals surface area contributed by atoms with Gasteiger partial charge >= 0.3 is 0 Å². The molecule has 1 saturated heterocycles. The first-order valence-corrected chi connectivity index (χ1v) is 7.53. The largest absolute Gasteiger partial charge is 0.497 e. The van der Waals surface area contributed by atoms with Crippen LogP contribution in [0.4, 0.5) is 8.78 Å². The molecule has 1 fully saturated rings. The third kappa shape index (κ3) is 3.55. The van der Waals surface area contributed by atoms with E-state index in [1.54, 1.807) is 0 Å². The lowest BCUT2D eigenvalue weighted by atomic mass is 9.97. The second kappa shape index (κ2) is 7.54. The SMILES string of the molecule is COc1cc(F)c(C(=O)N2CCCCC2CCCO)c(F)c1. The predicted molar refractivity (Wildman–Crippen MR) is 77.9 cm³/mol. The Hall–Kier alpha value is -1.69. The van der Waals surface area contributed by atoms with Crippen LogP contribution in [0.2, 0.25) is 0 Å². The quantitative estimate of drug-likeness (QED) is 0.909. The predicted octanol–water partition coefficient (Wildman–Crippen LogP) is 2.74. The molecule has 0 radical (unpaired) electrons. The zero-order valence-corrected chi connectivity index (χ0v) is 12.6. The van der Waals surface area contributed by atoms with Gasteiger partial charge < -0.3 is 14.7 Å². The van der Waals surface area contributed by atoms with Crippen molar-refractivity contribution in [3.8, 4) is 5.75 Å². The molecule has 0 saturated carbocycles. The molecule has 22 heavy (non-hydrogen) atoms. The van der Waals surface area contributed by atoms with Crippen LogP contribution in [0.25, 0.3) is 0 Å². The normalized spacial score (nSPS) is 18.4. The van der Waals surface area contributed by atoms with Crippen LogP contribution in [0, 0.1) is 11.6 Å². The first-order valence-electron chi connectivity index (χ1n) is 7.53. The molecule has 0 aromatic heterocycles. The number of nitrogens with zero attached hydrogens (tertiary/aromatic N) is 1. The van der Waals surface area contributed by atoms with Crippen LogP contribution in [0.5, 0.6) is 5.75 Å². The van der Waals surface area contributed by atoms with Crippen molar-refractivity contribution in [1.29, 1.82) is 0 Å². The molecule has 4 nitrogen and oxygen atoms in total. The number of piperidine rings is 1. The molecule has 6 heteroatoms. The lowest BCUT2D eigenvalue weighted by molar-refractivity contribution is 0.0580. The monoisotopic (exact) mass is 313 g/mol. The van der Waals surface area contributed by atoms with Crippen molar-refractivity contribution in [2.24, 2.45) is 0 Å². The number of ether oxygens (including phenoxy) is 1. The van der Waals surface area contributed by atoms with Gasteiger partial charge in [0, 0.05) is 31.3 Å². The lowest BCUT2D eigenvalue weighted by Gasteiger charge is -2.36. The number of benzene rings is 1. The van der Waals surface area contributed by atoms with Crippen LogP contribution in [-0.4, -0.2) is 42.2 Å². The summed E-state index contributed by atoms with van der Waals surface area (Å²) >= 11 is 0. The van der Waals surface area contributed by atoms with Crippen LogP contribution in [-0.2, 0) is 0 Å². The molecule has 1 aromatic carbocycles. The van der Waals surface area contributed by atoms with Gasteiger partial charge in [0.1, 0.15) is 22.9 Å². The Labute approximate surface area is 128 Å². The van der Waals surface area contributed by atoms with E-state index in [2.05, 4.69) is 0 Å². The molecule has 1 atom stereocenters. The maximum atomic E-state index is 14.1. The number of amides is 1. The van der Waals surface area contributed by atoms with Gasteiger partial charge in [-0.25, -0.2) is 8.78 Å². The summed E-state index contributed by atoms with van der Waals surface area (Å²) in [5.41, 5.74) is -0.531. The molecular formula is C16H21F2NO3. The van der Waals surface area contributed by atoms with Crippen LogP contribution in [0.15, 0.2) is 12.1 Å². The number of aliphatic hydroxyl groups excluding tert-OH is 1. The molecule has 1 unspecified atom stereocenters. The average molecular weight is 313 g/mol. The number of hydrogen-bond donors (Lipinski definition) is 1. The third-order valence-corrected chi connectivity index (χ3v) is 4.05. The maximum absolute atomic E-state index is 14.1. The van der Waals surface area contributed by atoms with Crippen molar-refractivity contribution in [2.45, 2.75) is 38.1 Å². The van der Waals surface area contributed by atoms with Crippen LogP contribution in [0.1, 0.15) is 42.5 Å². The zero-order valence-electron chi connectivity index (χ0n) is 12.6. The van der Waals surface area contributed by atoms with Gasteiger partial charge in [-0.05, 0) is 32.1 Å². The Morgan fingerprint density at radius 1 is 1.36 bits per heavy atom. The number of aliphatic hydroxyl groups is 1. The van der Waals surface area contributed by atoms with Crippen molar-refractivity contribution in [1.82, 2.24) is 4.90 Å². The second-order valence-electron chi connectivity index (χ2n) is 5.48. The van der Waals surface area contributed by atoms with Crippen LogP contribution < -0.4 is 4.74 Å². The number of halogens is 2. The van der Waals surface area contributed by atoms with Crippen LogP contribution in [0.3, 0.4) is 0 Å². The van der Waals surface area contributed by atoms with Gasteiger partial charge in [0.25, 0.3) is 5.91 Å². The van der Waals surface area contributed by atoms with Gasteiger partial charge in [-0.15, -0.1) is 0 Å². The lowest BCUT2D eigenvalue weighted by Crippen LogP contribution is -2.44. The summed E-state index contributed by atoms with van der Waals surface area (Å²) < 4.78 is 32.9. The smallest absolute Gasteiger partial charge is 0.260 e. The molecule has 1 N–H and O–H groups in total. The summed E-state index contributed by atoms with van der Waals surface area (Å²) in [6.45, 7) is 0.531. The van der Waals surface area contributed by atoms with E-state index in [4.69, 9.17) is 9.84 Å². The summed E-state index contributed by atoms with van der Waals surface area (Å²) in [7, 11) is 1.31. The minimum absolute atomic E-state index is 0.0435. The van der Waals surface area contributed by atoms with Gasteiger partial charge in [0.2, 0.25) is 0 Å². The van der Waals surface area contributed by atoms with Crippen molar-refractivity contribution >= 4 is 5.91 Å². The first kappa shape index (κ1) is 16.7. The Morgan fingerprint density at radius 3 is 2.64 bits per heavy atom. The summed E-state index contributed by atoms with van der Waals surface area (Å²) in [4.78, 5) is 14.1. The zero-order chi connectivity index (χ0) is 16.1. The highest BCUT2D eigenvalue weighted by Crippen LogP contribution is 2.27. The Morgan fingerprint density at radius 2 is 2.05 bits per heavy atom. The molecule has 0 aliphatic carbocycles. The molecule has 1 aromatic rings. The molecule has 122 valence electrons. The maximum Gasteiger partial charge on any atom is 0.260 e. The van der Waals surface area contributed by atoms with Gasteiger partial charge in [-0.1, -0.05) is 0 Å².